The monoisotopic (exact) mass is 224 g/mol. The lowest BCUT2D eigenvalue weighted by Crippen LogP contribution is -2.55. The maximum Gasteiger partial charge on any atom is 0.270 e. The summed E-state index contributed by atoms with van der Waals surface area (Å²) >= 11 is 0. The molecule has 90 valence electrons. The second kappa shape index (κ2) is 4.65. The number of amides is 1. The molecule has 5 heteroatoms. The van der Waals surface area contributed by atoms with Crippen LogP contribution in [-0.4, -0.2) is 27.5 Å². The number of hydrogen-bond acceptors (Lipinski definition) is 3. The van der Waals surface area contributed by atoms with Crippen LogP contribution >= 0.6 is 0 Å². The molecule has 16 heavy (non-hydrogen) atoms. The van der Waals surface area contributed by atoms with E-state index in [4.69, 9.17) is 5.73 Å². The highest BCUT2D eigenvalue weighted by molar-refractivity contribution is 5.92. The number of aromatic nitrogens is 2. The van der Waals surface area contributed by atoms with Gasteiger partial charge in [-0.2, -0.15) is 0 Å². The van der Waals surface area contributed by atoms with E-state index in [-0.39, 0.29) is 17.4 Å². The zero-order chi connectivity index (χ0) is 12.3. The van der Waals surface area contributed by atoms with Crippen molar-refractivity contribution in [1.29, 1.82) is 0 Å². The van der Waals surface area contributed by atoms with Crippen molar-refractivity contribution in [2.45, 2.75) is 26.3 Å². The average Bonchev–Trinajstić information content (AvgIpc) is 2.64. The first kappa shape index (κ1) is 12.7. The number of nitrogens with zero attached hydrogens (tertiary/aromatic N) is 2. The minimum Gasteiger partial charge on any atom is -0.344 e. The molecule has 1 heterocycles. The number of nitrogens with one attached hydrogen (secondary N) is 1. The zero-order valence-corrected chi connectivity index (χ0v) is 10.3. The number of aryl methyl sites for hydroxylation is 1. The van der Waals surface area contributed by atoms with Crippen molar-refractivity contribution >= 4 is 5.91 Å². The normalized spacial score (nSPS) is 14.9. The van der Waals surface area contributed by atoms with Crippen molar-refractivity contribution in [3.8, 4) is 0 Å². The smallest absolute Gasteiger partial charge is 0.270 e. The van der Waals surface area contributed by atoms with Gasteiger partial charge >= 0.3 is 0 Å². The number of nitrogens with two attached hydrogens (primary N) is 1. The topological polar surface area (TPSA) is 72.9 Å². The largest absolute Gasteiger partial charge is 0.344 e. The molecule has 5 nitrogen and oxygen atoms in total. The molecule has 0 aliphatic heterocycles. The molecular formula is C11H20N4O. The molecule has 0 spiro atoms. The lowest BCUT2D eigenvalue weighted by Gasteiger charge is -2.33. The molecule has 1 aromatic heterocycles. The molecule has 1 rings (SSSR count). The van der Waals surface area contributed by atoms with Crippen molar-refractivity contribution in [2.75, 3.05) is 6.54 Å². The van der Waals surface area contributed by atoms with E-state index in [1.807, 2.05) is 20.8 Å². The first-order valence-corrected chi connectivity index (χ1v) is 5.39. The summed E-state index contributed by atoms with van der Waals surface area (Å²) in [5.41, 5.74) is 5.86. The fourth-order valence-electron chi connectivity index (χ4n) is 1.33. The lowest BCUT2D eigenvalue weighted by atomic mass is 9.88. The molecule has 1 aromatic rings. The molecular weight excluding hydrogens is 204 g/mol. The van der Waals surface area contributed by atoms with E-state index in [9.17, 15) is 4.79 Å². The van der Waals surface area contributed by atoms with Crippen molar-refractivity contribution in [3.05, 3.63) is 18.2 Å². The van der Waals surface area contributed by atoms with E-state index in [0.29, 0.717) is 12.2 Å². The van der Waals surface area contributed by atoms with Crippen molar-refractivity contribution < 1.29 is 4.79 Å². The summed E-state index contributed by atoms with van der Waals surface area (Å²) in [7, 11) is 1.79. The van der Waals surface area contributed by atoms with E-state index in [1.165, 1.54) is 0 Å². The lowest BCUT2D eigenvalue weighted by molar-refractivity contribution is 0.0874. The fourth-order valence-corrected chi connectivity index (χ4v) is 1.33. The van der Waals surface area contributed by atoms with Crippen LogP contribution in [0.2, 0.25) is 0 Å². The molecule has 3 N–H and O–H groups in total. The molecule has 0 aromatic carbocycles. The summed E-state index contributed by atoms with van der Waals surface area (Å²) in [6, 6.07) is 0. The van der Waals surface area contributed by atoms with Gasteiger partial charge in [0, 0.05) is 13.6 Å². The first-order valence-electron chi connectivity index (χ1n) is 5.39. The van der Waals surface area contributed by atoms with Crippen molar-refractivity contribution in [3.63, 3.8) is 0 Å². The Labute approximate surface area is 96.0 Å². The third-order valence-electron chi connectivity index (χ3n) is 3.15. The standard InChI is InChI=1S/C11H20N4O/c1-8(2)11(3,6-12)14-10(16)9-5-13-7-15(9)4/h5,7-8H,6,12H2,1-4H3,(H,14,16). The maximum absolute atomic E-state index is 12.0. The minimum atomic E-state index is -0.388. The van der Waals surface area contributed by atoms with E-state index in [1.54, 1.807) is 24.1 Å². The Hall–Kier alpha value is -1.36. The van der Waals surface area contributed by atoms with Gasteiger partial charge in [0.15, 0.2) is 0 Å². The van der Waals surface area contributed by atoms with Gasteiger partial charge in [0.1, 0.15) is 5.69 Å². The van der Waals surface area contributed by atoms with Crippen molar-refractivity contribution in [2.24, 2.45) is 18.7 Å². The summed E-state index contributed by atoms with van der Waals surface area (Å²) in [6.07, 6.45) is 3.15. The highest BCUT2D eigenvalue weighted by Crippen LogP contribution is 2.15. The Morgan fingerprint density at radius 3 is 2.69 bits per heavy atom. The summed E-state index contributed by atoms with van der Waals surface area (Å²) < 4.78 is 1.69. The third-order valence-corrected chi connectivity index (χ3v) is 3.15. The minimum absolute atomic E-state index is 0.137. The van der Waals surface area contributed by atoms with Gasteiger partial charge in [-0.05, 0) is 12.8 Å². The van der Waals surface area contributed by atoms with Crippen LogP contribution in [0, 0.1) is 5.92 Å². The average molecular weight is 224 g/mol. The van der Waals surface area contributed by atoms with Gasteiger partial charge in [-0.3, -0.25) is 4.79 Å². The van der Waals surface area contributed by atoms with Crippen LogP contribution in [0.25, 0.3) is 0 Å². The molecule has 0 aliphatic carbocycles. The molecule has 0 fully saturated rings. The number of carbonyl (C=O) groups excluding carboxylic acids is 1. The predicted molar refractivity (Wildman–Crippen MR) is 63.0 cm³/mol. The first-order chi connectivity index (χ1) is 7.40. The number of rotatable bonds is 4. The van der Waals surface area contributed by atoms with Crippen LogP contribution < -0.4 is 11.1 Å². The van der Waals surface area contributed by atoms with Gasteiger partial charge in [0.25, 0.3) is 5.91 Å². The van der Waals surface area contributed by atoms with Gasteiger partial charge in [-0.1, -0.05) is 13.8 Å². The van der Waals surface area contributed by atoms with Gasteiger partial charge in [0.05, 0.1) is 18.1 Å². The van der Waals surface area contributed by atoms with Crippen LogP contribution in [0.3, 0.4) is 0 Å². The van der Waals surface area contributed by atoms with Crippen LogP contribution in [0.4, 0.5) is 0 Å². The van der Waals surface area contributed by atoms with Crippen LogP contribution in [0.1, 0.15) is 31.3 Å². The van der Waals surface area contributed by atoms with Gasteiger partial charge in [-0.15, -0.1) is 0 Å². The SMILES string of the molecule is CC(C)C(C)(CN)NC(=O)c1cncn1C. The molecule has 0 saturated carbocycles. The second-order valence-electron chi connectivity index (χ2n) is 4.62. The fraction of sp³-hybridized carbons (Fsp3) is 0.636. The molecule has 0 saturated heterocycles. The Morgan fingerprint density at radius 2 is 2.31 bits per heavy atom. The molecule has 1 atom stereocenters. The van der Waals surface area contributed by atoms with E-state index >= 15 is 0 Å². The Morgan fingerprint density at radius 1 is 1.69 bits per heavy atom. The third kappa shape index (κ3) is 2.41. The molecule has 0 aliphatic rings. The highest BCUT2D eigenvalue weighted by Gasteiger charge is 2.29. The summed E-state index contributed by atoms with van der Waals surface area (Å²) in [4.78, 5) is 15.9. The zero-order valence-electron chi connectivity index (χ0n) is 10.3. The predicted octanol–water partition coefficient (Wildman–Crippen LogP) is 0.523. The Kier molecular flexibility index (Phi) is 3.70. The quantitative estimate of drug-likeness (QED) is 0.783. The maximum atomic E-state index is 12.0. The second-order valence-corrected chi connectivity index (χ2v) is 4.62. The molecule has 1 unspecified atom stereocenters. The summed E-state index contributed by atoms with van der Waals surface area (Å²) in [5, 5.41) is 2.96. The highest BCUT2D eigenvalue weighted by atomic mass is 16.2. The van der Waals surface area contributed by atoms with E-state index in [2.05, 4.69) is 10.3 Å². The van der Waals surface area contributed by atoms with Gasteiger partial charge in [0.2, 0.25) is 0 Å². The molecule has 1 amide bonds. The Bertz CT molecular complexity index is 372. The van der Waals surface area contributed by atoms with Gasteiger partial charge in [-0.25, -0.2) is 4.98 Å². The van der Waals surface area contributed by atoms with Gasteiger partial charge < -0.3 is 15.6 Å². The van der Waals surface area contributed by atoms with Crippen LogP contribution in [0.5, 0.6) is 0 Å². The number of carbonyl (C=O) groups is 1. The van der Waals surface area contributed by atoms with E-state index < -0.39 is 0 Å². The van der Waals surface area contributed by atoms with Crippen LogP contribution in [-0.2, 0) is 7.05 Å². The van der Waals surface area contributed by atoms with Crippen molar-refractivity contribution in [1.82, 2.24) is 14.9 Å². The van der Waals surface area contributed by atoms with Crippen LogP contribution in [0.15, 0.2) is 12.5 Å². The van der Waals surface area contributed by atoms with E-state index in [0.717, 1.165) is 0 Å². The summed E-state index contributed by atoms with van der Waals surface area (Å²) in [5.74, 6) is 0.135. The Balaban J connectivity index is 2.82. The molecule has 0 radical (unpaired) electrons. The summed E-state index contributed by atoms with van der Waals surface area (Å²) in [6.45, 7) is 6.44. The number of imidazole rings is 1. The molecule has 0 bridgehead atoms. The number of hydrogen-bond donors (Lipinski definition) is 2.